The first-order valence-electron chi connectivity index (χ1n) is 5.94. The minimum absolute atomic E-state index is 0.648. The Kier molecular flexibility index (Phi) is 3.06. The smallest absolute Gasteiger partial charge is 0.235 e. The minimum Gasteiger partial charge on any atom is -0.447 e. The van der Waals surface area contributed by atoms with Crippen LogP contribution in [0.15, 0.2) is 45.5 Å². The molecule has 0 fully saturated rings. The third-order valence-electron chi connectivity index (χ3n) is 2.86. The molecule has 3 heterocycles. The van der Waals surface area contributed by atoms with E-state index in [4.69, 9.17) is 16.0 Å². The number of halogens is 2. The topological polar surface area (TPSA) is 56.2 Å². The molecule has 0 aliphatic rings. The largest absolute Gasteiger partial charge is 0.447 e. The van der Waals surface area contributed by atoms with Gasteiger partial charge in [-0.25, -0.2) is 0 Å². The molecule has 4 rings (SSSR count). The van der Waals surface area contributed by atoms with E-state index in [1.807, 2.05) is 36.4 Å². The fourth-order valence-electron chi connectivity index (χ4n) is 1.95. The van der Waals surface area contributed by atoms with Crippen molar-refractivity contribution in [2.24, 2.45) is 0 Å². The first kappa shape index (κ1) is 13.0. The van der Waals surface area contributed by atoms with Gasteiger partial charge in [-0.1, -0.05) is 35.1 Å². The molecule has 4 aromatic rings. The molecular formula is C13H6BrClN4OS. The van der Waals surface area contributed by atoms with E-state index in [0.717, 1.165) is 10.6 Å². The fraction of sp³-hybridized carbons (Fsp3) is 0. The SMILES string of the molecule is Clc1cccc(-c2nnc3sc(-c4ccc(Br)o4)nn23)c1. The Morgan fingerprint density at radius 1 is 1.19 bits per heavy atom. The number of aromatic nitrogens is 4. The number of hydrogen-bond acceptors (Lipinski definition) is 5. The summed E-state index contributed by atoms with van der Waals surface area (Å²) in [7, 11) is 0. The Bertz CT molecular complexity index is 945. The molecule has 0 radical (unpaired) electrons. The van der Waals surface area contributed by atoms with E-state index in [2.05, 4.69) is 31.2 Å². The van der Waals surface area contributed by atoms with Crippen molar-refractivity contribution in [3.05, 3.63) is 46.1 Å². The Balaban J connectivity index is 1.86. The molecular weight excluding hydrogens is 376 g/mol. The second-order valence-electron chi connectivity index (χ2n) is 4.24. The van der Waals surface area contributed by atoms with Crippen LogP contribution in [0.25, 0.3) is 27.1 Å². The van der Waals surface area contributed by atoms with E-state index < -0.39 is 0 Å². The van der Waals surface area contributed by atoms with Gasteiger partial charge in [0.25, 0.3) is 0 Å². The minimum atomic E-state index is 0.648. The number of rotatable bonds is 2. The molecule has 3 aromatic heterocycles. The number of fused-ring (bicyclic) bond motifs is 1. The molecule has 0 saturated heterocycles. The zero-order valence-corrected chi connectivity index (χ0v) is 13.5. The van der Waals surface area contributed by atoms with Gasteiger partial charge >= 0.3 is 0 Å². The monoisotopic (exact) mass is 380 g/mol. The van der Waals surface area contributed by atoms with Crippen LogP contribution in [0.1, 0.15) is 0 Å². The highest BCUT2D eigenvalue weighted by atomic mass is 79.9. The van der Waals surface area contributed by atoms with E-state index in [1.54, 1.807) is 4.52 Å². The van der Waals surface area contributed by atoms with Gasteiger partial charge in [0.1, 0.15) is 0 Å². The van der Waals surface area contributed by atoms with Crippen LogP contribution in [0.5, 0.6) is 0 Å². The van der Waals surface area contributed by atoms with Crippen molar-refractivity contribution in [3.8, 4) is 22.2 Å². The van der Waals surface area contributed by atoms with Crippen LogP contribution in [0.2, 0.25) is 5.02 Å². The van der Waals surface area contributed by atoms with Crippen LogP contribution in [-0.2, 0) is 0 Å². The summed E-state index contributed by atoms with van der Waals surface area (Å²) < 4.78 is 7.88. The molecule has 0 N–H and O–H groups in total. The second kappa shape index (κ2) is 4.94. The van der Waals surface area contributed by atoms with Gasteiger partial charge in [-0.3, -0.25) is 0 Å². The molecule has 104 valence electrons. The highest BCUT2D eigenvalue weighted by molar-refractivity contribution is 9.10. The number of furan rings is 1. The summed E-state index contributed by atoms with van der Waals surface area (Å²) in [6.07, 6.45) is 0. The van der Waals surface area contributed by atoms with E-state index in [-0.39, 0.29) is 0 Å². The summed E-state index contributed by atoms with van der Waals surface area (Å²) in [5.74, 6) is 1.34. The van der Waals surface area contributed by atoms with Gasteiger partial charge in [0.2, 0.25) is 4.96 Å². The standard InChI is InChI=1S/C13H6BrClN4OS/c14-10-5-4-9(20-10)12-18-19-11(16-17-13(19)21-12)7-2-1-3-8(15)6-7/h1-6H. The Morgan fingerprint density at radius 2 is 2.10 bits per heavy atom. The second-order valence-corrected chi connectivity index (χ2v) is 6.41. The lowest BCUT2D eigenvalue weighted by atomic mass is 10.2. The summed E-state index contributed by atoms with van der Waals surface area (Å²) >= 11 is 10.7. The Labute approximate surface area is 136 Å². The third kappa shape index (κ3) is 2.27. The summed E-state index contributed by atoms with van der Waals surface area (Å²) in [4.78, 5) is 0.701. The van der Waals surface area contributed by atoms with E-state index in [1.165, 1.54) is 11.3 Å². The first-order valence-corrected chi connectivity index (χ1v) is 7.93. The molecule has 8 heteroatoms. The molecule has 0 aliphatic carbocycles. The summed E-state index contributed by atoms with van der Waals surface area (Å²) in [6, 6.07) is 11.1. The first-order chi connectivity index (χ1) is 10.2. The molecule has 1 aromatic carbocycles. The van der Waals surface area contributed by atoms with Gasteiger partial charge in [0, 0.05) is 10.6 Å². The normalized spacial score (nSPS) is 11.3. The molecule has 21 heavy (non-hydrogen) atoms. The van der Waals surface area contributed by atoms with E-state index in [9.17, 15) is 0 Å². The van der Waals surface area contributed by atoms with Crippen molar-refractivity contribution in [1.29, 1.82) is 0 Å². The molecule has 0 spiro atoms. The lowest BCUT2D eigenvalue weighted by Gasteiger charge is -1.97. The molecule has 0 amide bonds. The van der Waals surface area contributed by atoms with Gasteiger partial charge < -0.3 is 4.42 Å². The van der Waals surface area contributed by atoms with Crippen molar-refractivity contribution < 1.29 is 4.42 Å². The van der Waals surface area contributed by atoms with Crippen LogP contribution in [0, 0.1) is 0 Å². The molecule has 5 nitrogen and oxygen atoms in total. The Morgan fingerprint density at radius 3 is 2.86 bits per heavy atom. The van der Waals surface area contributed by atoms with Crippen molar-refractivity contribution in [2.45, 2.75) is 0 Å². The number of hydrogen-bond donors (Lipinski definition) is 0. The van der Waals surface area contributed by atoms with Gasteiger partial charge in [0.05, 0.1) is 0 Å². The van der Waals surface area contributed by atoms with Crippen LogP contribution < -0.4 is 0 Å². The molecule has 0 atom stereocenters. The maximum Gasteiger partial charge on any atom is 0.235 e. The molecule has 0 bridgehead atoms. The molecule has 0 unspecified atom stereocenters. The van der Waals surface area contributed by atoms with E-state index >= 15 is 0 Å². The summed E-state index contributed by atoms with van der Waals surface area (Å²) in [6.45, 7) is 0. The van der Waals surface area contributed by atoms with E-state index in [0.29, 0.717) is 26.2 Å². The molecule has 0 aliphatic heterocycles. The number of benzene rings is 1. The van der Waals surface area contributed by atoms with Gasteiger partial charge in [-0.15, -0.1) is 15.3 Å². The zero-order valence-electron chi connectivity index (χ0n) is 10.3. The third-order valence-corrected chi connectivity index (χ3v) is 4.43. The number of nitrogens with zero attached hydrogens (tertiary/aromatic N) is 4. The average molecular weight is 382 g/mol. The lowest BCUT2D eigenvalue weighted by Crippen LogP contribution is -1.90. The van der Waals surface area contributed by atoms with Gasteiger partial charge in [-0.05, 0) is 40.2 Å². The van der Waals surface area contributed by atoms with Crippen LogP contribution in [0.3, 0.4) is 0 Å². The summed E-state index contributed by atoms with van der Waals surface area (Å²) in [5.41, 5.74) is 0.868. The maximum atomic E-state index is 6.02. The van der Waals surface area contributed by atoms with Crippen molar-refractivity contribution in [1.82, 2.24) is 19.8 Å². The predicted octanol–water partition coefficient (Wildman–Crippen LogP) is 4.53. The summed E-state index contributed by atoms with van der Waals surface area (Å²) in [5, 5.41) is 14.2. The Hall–Kier alpha value is -1.70. The zero-order chi connectivity index (χ0) is 14.4. The van der Waals surface area contributed by atoms with Crippen LogP contribution in [0.4, 0.5) is 0 Å². The van der Waals surface area contributed by atoms with Crippen molar-refractivity contribution in [3.63, 3.8) is 0 Å². The van der Waals surface area contributed by atoms with Gasteiger partial charge in [-0.2, -0.15) is 4.52 Å². The predicted molar refractivity (Wildman–Crippen MR) is 84.5 cm³/mol. The van der Waals surface area contributed by atoms with Crippen LogP contribution >= 0.6 is 38.9 Å². The maximum absolute atomic E-state index is 6.02. The highest BCUT2D eigenvalue weighted by Gasteiger charge is 2.16. The molecule has 0 saturated carbocycles. The lowest BCUT2D eigenvalue weighted by molar-refractivity contribution is 0.554. The van der Waals surface area contributed by atoms with Crippen LogP contribution in [-0.4, -0.2) is 19.8 Å². The average Bonchev–Trinajstić information content (AvgIpc) is 3.12. The van der Waals surface area contributed by atoms with Crippen molar-refractivity contribution in [2.75, 3.05) is 0 Å². The van der Waals surface area contributed by atoms with Gasteiger partial charge in [0.15, 0.2) is 21.3 Å². The van der Waals surface area contributed by atoms with Crippen molar-refractivity contribution >= 4 is 43.8 Å². The fourth-order valence-corrected chi connectivity index (χ4v) is 3.25. The highest BCUT2D eigenvalue weighted by Crippen LogP contribution is 2.30. The quantitative estimate of drug-likeness (QED) is 0.512.